The van der Waals surface area contributed by atoms with Gasteiger partial charge in [0.15, 0.2) is 0 Å². The van der Waals surface area contributed by atoms with Gasteiger partial charge >= 0.3 is 0 Å². The van der Waals surface area contributed by atoms with Crippen molar-refractivity contribution in [1.29, 1.82) is 0 Å². The molecule has 100 valence electrons. The Morgan fingerprint density at radius 3 is 2.78 bits per heavy atom. The van der Waals surface area contributed by atoms with Crippen LogP contribution in [0.4, 0.5) is 15.8 Å². The Bertz CT molecular complexity index is 429. The normalized spacial score (nSPS) is 10.4. The summed E-state index contributed by atoms with van der Waals surface area (Å²) in [6.45, 7) is 4.28. The maximum Gasteiger partial charge on any atom is 0.293 e. The molecule has 0 spiro atoms. The smallest absolute Gasteiger partial charge is 0.293 e. The Balaban J connectivity index is 2.68. The predicted octanol–water partition coefficient (Wildman–Crippen LogP) is 2.75. The van der Waals surface area contributed by atoms with Crippen LogP contribution in [0, 0.1) is 19.5 Å². The average molecular weight is 367 g/mol. The fourth-order valence-electron chi connectivity index (χ4n) is 1.44. The summed E-state index contributed by atoms with van der Waals surface area (Å²) in [5.41, 5.74) is 0.138. The van der Waals surface area contributed by atoms with Crippen LogP contribution < -0.4 is 10.6 Å². The lowest BCUT2D eigenvalue weighted by atomic mass is 10.2. The number of nitro benzene ring substituents is 1. The van der Waals surface area contributed by atoms with E-state index in [9.17, 15) is 14.5 Å². The molecule has 0 unspecified atom stereocenters. The standard InChI is InChI=1S/C11H15FIN3O2/c1-2-14-4-3-5-15-10-6-8(12)9(13)7-11(10)16(17)18/h6-7,14-15H,2-5H2,1H3. The van der Waals surface area contributed by atoms with E-state index >= 15 is 0 Å². The highest BCUT2D eigenvalue weighted by Crippen LogP contribution is 2.28. The lowest BCUT2D eigenvalue weighted by molar-refractivity contribution is -0.384. The lowest BCUT2D eigenvalue weighted by Crippen LogP contribution is -2.17. The molecule has 0 atom stereocenters. The van der Waals surface area contributed by atoms with Crippen molar-refractivity contribution < 1.29 is 9.31 Å². The van der Waals surface area contributed by atoms with Gasteiger partial charge in [-0.05, 0) is 42.1 Å². The number of rotatable bonds is 7. The van der Waals surface area contributed by atoms with E-state index in [4.69, 9.17) is 0 Å². The molecule has 0 aliphatic rings. The van der Waals surface area contributed by atoms with Gasteiger partial charge < -0.3 is 10.6 Å². The molecule has 0 bridgehead atoms. The Morgan fingerprint density at radius 1 is 1.44 bits per heavy atom. The van der Waals surface area contributed by atoms with E-state index in [0.29, 0.717) is 6.54 Å². The number of hydrogen-bond acceptors (Lipinski definition) is 4. The third-order valence-electron chi connectivity index (χ3n) is 2.33. The van der Waals surface area contributed by atoms with E-state index in [1.54, 1.807) is 22.6 Å². The van der Waals surface area contributed by atoms with Crippen LogP contribution in [0.5, 0.6) is 0 Å². The molecule has 0 saturated heterocycles. The highest BCUT2D eigenvalue weighted by Gasteiger charge is 2.16. The summed E-state index contributed by atoms with van der Waals surface area (Å²) in [6, 6.07) is 2.41. The fraction of sp³-hybridized carbons (Fsp3) is 0.455. The second-order valence-electron chi connectivity index (χ2n) is 3.67. The highest BCUT2D eigenvalue weighted by molar-refractivity contribution is 14.1. The molecule has 0 aliphatic carbocycles. The summed E-state index contributed by atoms with van der Waals surface area (Å²) in [5, 5.41) is 16.9. The van der Waals surface area contributed by atoms with Crippen LogP contribution in [-0.2, 0) is 0 Å². The summed E-state index contributed by atoms with van der Waals surface area (Å²) in [6.07, 6.45) is 0.818. The molecule has 0 amide bonds. The van der Waals surface area contributed by atoms with E-state index < -0.39 is 10.7 Å². The van der Waals surface area contributed by atoms with Gasteiger partial charge in [-0.2, -0.15) is 0 Å². The predicted molar refractivity (Wildman–Crippen MR) is 77.4 cm³/mol. The van der Waals surface area contributed by atoms with E-state index in [0.717, 1.165) is 19.5 Å². The fourth-order valence-corrected chi connectivity index (χ4v) is 1.89. The highest BCUT2D eigenvalue weighted by atomic mass is 127. The summed E-state index contributed by atoms with van der Waals surface area (Å²) in [5.74, 6) is -0.449. The van der Waals surface area contributed by atoms with Crippen molar-refractivity contribution in [3.63, 3.8) is 0 Å². The number of nitrogens with zero attached hydrogens (tertiary/aromatic N) is 1. The van der Waals surface area contributed by atoms with Crippen LogP contribution in [0.1, 0.15) is 13.3 Å². The molecular formula is C11H15FIN3O2. The summed E-state index contributed by atoms with van der Waals surface area (Å²) < 4.78 is 13.6. The van der Waals surface area contributed by atoms with Crippen molar-refractivity contribution in [3.8, 4) is 0 Å². The number of nitrogens with one attached hydrogen (secondary N) is 2. The number of nitro groups is 1. The molecule has 0 saturated carbocycles. The van der Waals surface area contributed by atoms with Gasteiger partial charge in [-0.15, -0.1) is 0 Å². The van der Waals surface area contributed by atoms with Gasteiger partial charge in [0.25, 0.3) is 5.69 Å². The summed E-state index contributed by atoms with van der Waals surface area (Å²) in [7, 11) is 0. The van der Waals surface area contributed by atoms with Gasteiger partial charge in [0, 0.05) is 18.7 Å². The Kier molecular flexibility index (Phi) is 6.27. The van der Waals surface area contributed by atoms with Crippen molar-refractivity contribution in [3.05, 3.63) is 31.6 Å². The van der Waals surface area contributed by atoms with E-state index in [2.05, 4.69) is 10.6 Å². The minimum Gasteiger partial charge on any atom is -0.379 e. The van der Waals surface area contributed by atoms with Crippen molar-refractivity contribution >= 4 is 34.0 Å². The van der Waals surface area contributed by atoms with Crippen LogP contribution in [0.2, 0.25) is 0 Å². The van der Waals surface area contributed by atoms with Crippen LogP contribution in [0.25, 0.3) is 0 Å². The molecular weight excluding hydrogens is 352 g/mol. The van der Waals surface area contributed by atoms with Crippen molar-refractivity contribution in [2.24, 2.45) is 0 Å². The van der Waals surface area contributed by atoms with Crippen molar-refractivity contribution in [2.45, 2.75) is 13.3 Å². The van der Waals surface area contributed by atoms with Crippen LogP contribution in [0.15, 0.2) is 12.1 Å². The molecule has 0 radical (unpaired) electrons. The van der Waals surface area contributed by atoms with Crippen LogP contribution in [-0.4, -0.2) is 24.6 Å². The van der Waals surface area contributed by atoms with Gasteiger partial charge in [0.05, 0.1) is 8.49 Å². The monoisotopic (exact) mass is 367 g/mol. The zero-order chi connectivity index (χ0) is 13.5. The first-order valence-electron chi connectivity index (χ1n) is 5.64. The average Bonchev–Trinajstić information content (AvgIpc) is 2.32. The van der Waals surface area contributed by atoms with Crippen LogP contribution >= 0.6 is 22.6 Å². The Labute approximate surface area is 118 Å². The first-order valence-corrected chi connectivity index (χ1v) is 6.72. The molecule has 1 aromatic rings. The molecule has 7 heteroatoms. The molecule has 0 heterocycles. The maximum atomic E-state index is 13.4. The Hall–Kier alpha value is -0.960. The maximum absolute atomic E-state index is 13.4. The minimum absolute atomic E-state index is 0.0933. The summed E-state index contributed by atoms with van der Waals surface area (Å²) >= 11 is 1.74. The molecule has 2 N–H and O–H groups in total. The summed E-state index contributed by atoms with van der Waals surface area (Å²) in [4.78, 5) is 10.3. The molecule has 1 rings (SSSR count). The third-order valence-corrected chi connectivity index (χ3v) is 3.16. The lowest BCUT2D eigenvalue weighted by Gasteiger charge is -2.08. The zero-order valence-corrected chi connectivity index (χ0v) is 12.2. The first-order chi connectivity index (χ1) is 8.56. The second kappa shape index (κ2) is 7.47. The van der Waals surface area contributed by atoms with Crippen molar-refractivity contribution in [1.82, 2.24) is 5.32 Å². The minimum atomic E-state index is -0.506. The first kappa shape index (κ1) is 15.1. The Morgan fingerprint density at radius 2 is 2.17 bits per heavy atom. The zero-order valence-electron chi connectivity index (χ0n) is 10.0. The largest absolute Gasteiger partial charge is 0.379 e. The van der Waals surface area contributed by atoms with Gasteiger partial charge in [-0.3, -0.25) is 10.1 Å². The molecule has 0 fully saturated rings. The second-order valence-corrected chi connectivity index (χ2v) is 4.84. The van der Waals surface area contributed by atoms with Gasteiger partial charge in [-0.25, -0.2) is 4.39 Å². The number of benzene rings is 1. The molecule has 0 aliphatic heterocycles. The van der Waals surface area contributed by atoms with E-state index in [1.165, 1.54) is 12.1 Å². The third kappa shape index (κ3) is 4.37. The van der Waals surface area contributed by atoms with Crippen LogP contribution in [0.3, 0.4) is 0 Å². The number of halogens is 2. The number of hydrogen-bond donors (Lipinski definition) is 2. The van der Waals surface area contributed by atoms with Crippen molar-refractivity contribution in [2.75, 3.05) is 25.0 Å². The van der Waals surface area contributed by atoms with Gasteiger partial charge in [-0.1, -0.05) is 6.92 Å². The van der Waals surface area contributed by atoms with Gasteiger partial charge in [0.1, 0.15) is 11.5 Å². The van der Waals surface area contributed by atoms with E-state index in [1.807, 2.05) is 6.92 Å². The molecule has 1 aromatic carbocycles. The number of anilines is 1. The van der Waals surface area contributed by atoms with E-state index in [-0.39, 0.29) is 14.9 Å². The van der Waals surface area contributed by atoms with Gasteiger partial charge in [0.2, 0.25) is 0 Å². The SMILES string of the molecule is CCNCCCNc1cc(F)c(I)cc1[N+](=O)[O-]. The topological polar surface area (TPSA) is 67.2 Å². The molecule has 5 nitrogen and oxygen atoms in total. The quantitative estimate of drug-likeness (QED) is 0.337. The molecule has 18 heavy (non-hydrogen) atoms. The molecule has 0 aromatic heterocycles.